The molecule has 0 unspecified atom stereocenters. The first-order chi connectivity index (χ1) is 10.2. The molecule has 0 atom stereocenters. The molecule has 2 heterocycles. The van der Waals surface area contributed by atoms with Crippen LogP contribution in [0.2, 0.25) is 0 Å². The fourth-order valence-electron chi connectivity index (χ4n) is 1.70. The summed E-state index contributed by atoms with van der Waals surface area (Å²) in [5.74, 6) is -0.229. The number of hydrogen-bond donors (Lipinski definition) is 1. The Kier molecular flexibility index (Phi) is 5.17. The Balaban J connectivity index is 2.15. The summed E-state index contributed by atoms with van der Waals surface area (Å²) < 4.78 is 0. The van der Waals surface area contributed by atoms with Gasteiger partial charge in [0.25, 0.3) is 5.91 Å². The van der Waals surface area contributed by atoms with Crippen LogP contribution in [0.25, 0.3) is 0 Å². The monoisotopic (exact) mass is 302 g/mol. The predicted molar refractivity (Wildman–Crippen MR) is 78.7 cm³/mol. The zero-order chi connectivity index (χ0) is 15.1. The number of anilines is 1. The van der Waals surface area contributed by atoms with Gasteiger partial charge in [0.15, 0.2) is 0 Å². The van der Waals surface area contributed by atoms with Gasteiger partial charge in [-0.15, -0.1) is 10.2 Å². The highest BCUT2D eigenvalue weighted by molar-refractivity contribution is 7.17. The molecule has 2 aromatic heterocycles. The summed E-state index contributed by atoms with van der Waals surface area (Å²) in [7, 11) is 1.72. The average Bonchev–Trinajstić information content (AvgIpc) is 3.00. The summed E-state index contributed by atoms with van der Waals surface area (Å²) in [6, 6.07) is 5.75. The van der Waals surface area contributed by atoms with Gasteiger partial charge < -0.3 is 10.2 Å². The van der Waals surface area contributed by atoms with Crippen molar-refractivity contribution in [2.45, 2.75) is 13.0 Å². The SMILES string of the molecule is CNc1nnc(C(=O)N(CCC#N)Cc2cccnc2)s1. The number of hydrogen-bond acceptors (Lipinski definition) is 7. The van der Waals surface area contributed by atoms with E-state index in [2.05, 4.69) is 26.6 Å². The van der Waals surface area contributed by atoms with Crippen LogP contribution in [0.1, 0.15) is 21.8 Å². The van der Waals surface area contributed by atoms with E-state index < -0.39 is 0 Å². The van der Waals surface area contributed by atoms with Crippen LogP contribution in [0.4, 0.5) is 5.13 Å². The molecule has 1 amide bonds. The van der Waals surface area contributed by atoms with Crippen LogP contribution in [0.5, 0.6) is 0 Å². The Bertz CT molecular complexity index is 636. The number of rotatable bonds is 6. The van der Waals surface area contributed by atoms with Gasteiger partial charge in [-0.3, -0.25) is 9.78 Å². The molecule has 108 valence electrons. The first kappa shape index (κ1) is 14.9. The quantitative estimate of drug-likeness (QED) is 0.869. The lowest BCUT2D eigenvalue weighted by molar-refractivity contribution is 0.0745. The van der Waals surface area contributed by atoms with Gasteiger partial charge in [0.2, 0.25) is 10.1 Å². The second-order valence-electron chi connectivity index (χ2n) is 4.16. The second-order valence-corrected chi connectivity index (χ2v) is 5.14. The maximum Gasteiger partial charge on any atom is 0.285 e. The van der Waals surface area contributed by atoms with Crippen LogP contribution in [-0.2, 0) is 6.54 Å². The number of carbonyl (C=O) groups is 1. The summed E-state index contributed by atoms with van der Waals surface area (Å²) >= 11 is 1.19. The van der Waals surface area contributed by atoms with E-state index in [1.165, 1.54) is 11.3 Å². The molecule has 0 bridgehead atoms. The number of pyridine rings is 1. The smallest absolute Gasteiger partial charge is 0.285 e. The summed E-state index contributed by atoms with van der Waals surface area (Å²) in [4.78, 5) is 18.1. The molecule has 0 saturated heterocycles. The normalized spacial score (nSPS) is 9.90. The Hall–Kier alpha value is -2.53. The highest BCUT2D eigenvalue weighted by Crippen LogP contribution is 2.17. The molecule has 1 N–H and O–H groups in total. The second kappa shape index (κ2) is 7.31. The molecule has 0 radical (unpaired) electrons. The van der Waals surface area contributed by atoms with Crippen LogP contribution < -0.4 is 5.32 Å². The number of aromatic nitrogens is 3. The van der Waals surface area contributed by atoms with Crippen molar-refractivity contribution in [3.63, 3.8) is 0 Å². The minimum absolute atomic E-state index is 0.229. The Morgan fingerprint density at radius 3 is 3.00 bits per heavy atom. The molecular formula is C13H14N6OS. The maximum atomic E-state index is 12.5. The number of nitriles is 1. The summed E-state index contributed by atoms with van der Waals surface area (Å²) in [6.45, 7) is 0.738. The standard InChI is InChI=1S/C13H14N6OS/c1-15-13-18-17-11(21-13)12(20)19(7-3-5-14)9-10-4-2-6-16-8-10/h2,4,6,8H,3,7,9H2,1H3,(H,15,18). The van der Waals surface area contributed by atoms with Gasteiger partial charge in [-0.25, -0.2) is 0 Å². The van der Waals surface area contributed by atoms with Crippen molar-refractivity contribution >= 4 is 22.4 Å². The van der Waals surface area contributed by atoms with E-state index in [0.29, 0.717) is 23.2 Å². The minimum atomic E-state index is -0.229. The van der Waals surface area contributed by atoms with Crippen LogP contribution in [0, 0.1) is 11.3 Å². The van der Waals surface area contributed by atoms with Gasteiger partial charge >= 0.3 is 0 Å². The van der Waals surface area contributed by atoms with Crippen molar-refractivity contribution in [2.75, 3.05) is 18.9 Å². The fourth-order valence-corrected chi connectivity index (χ4v) is 2.36. The lowest BCUT2D eigenvalue weighted by Crippen LogP contribution is -2.31. The maximum absolute atomic E-state index is 12.5. The van der Waals surface area contributed by atoms with Crippen LogP contribution in [0.3, 0.4) is 0 Å². The molecule has 0 saturated carbocycles. The topological polar surface area (TPSA) is 94.8 Å². The molecule has 8 heteroatoms. The largest absolute Gasteiger partial charge is 0.363 e. The van der Waals surface area contributed by atoms with E-state index in [1.54, 1.807) is 24.3 Å². The van der Waals surface area contributed by atoms with Gasteiger partial charge in [0.05, 0.1) is 12.5 Å². The van der Waals surface area contributed by atoms with Gasteiger partial charge in [0.1, 0.15) is 0 Å². The van der Waals surface area contributed by atoms with Gasteiger partial charge in [-0.2, -0.15) is 5.26 Å². The van der Waals surface area contributed by atoms with Crippen molar-refractivity contribution in [3.05, 3.63) is 35.1 Å². The summed E-state index contributed by atoms with van der Waals surface area (Å²) in [6.07, 6.45) is 3.64. The van der Waals surface area contributed by atoms with E-state index in [4.69, 9.17) is 5.26 Å². The van der Waals surface area contributed by atoms with E-state index in [1.807, 2.05) is 12.1 Å². The molecule has 0 aliphatic heterocycles. The van der Waals surface area contributed by atoms with Gasteiger partial charge in [-0.05, 0) is 11.6 Å². The summed E-state index contributed by atoms with van der Waals surface area (Å²) in [5, 5.41) is 20.2. The highest BCUT2D eigenvalue weighted by atomic mass is 32.1. The van der Waals surface area contributed by atoms with Gasteiger partial charge in [0, 0.05) is 32.5 Å². The Morgan fingerprint density at radius 2 is 2.38 bits per heavy atom. The molecule has 2 aromatic rings. The van der Waals surface area contributed by atoms with Crippen molar-refractivity contribution in [1.29, 1.82) is 5.26 Å². The molecule has 0 aromatic carbocycles. The molecular weight excluding hydrogens is 288 g/mol. The average molecular weight is 302 g/mol. The summed E-state index contributed by atoms with van der Waals surface area (Å²) in [5.41, 5.74) is 0.905. The number of nitrogens with one attached hydrogen (secondary N) is 1. The number of amides is 1. The van der Waals surface area contributed by atoms with Crippen LogP contribution in [-0.4, -0.2) is 39.6 Å². The number of carbonyl (C=O) groups excluding carboxylic acids is 1. The third kappa shape index (κ3) is 3.97. The van der Waals surface area contributed by atoms with Crippen molar-refractivity contribution < 1.29 is 4.79 Å². The molecule has 0 aliphatic rings. The van der Waals surface area contributed by atoms with E-state index >= 15 is 0 Å². The van der Waals surface area contributed by atoms with Gasteiger partial charge in [-0.1, -0.05) is 17.4 Å². The van der Waals surface area contributed by atoms with E-state index in [9.17, 15) is 4.79 Å². The third-order valence-electron chi connectivity index (χ3n) is 2.70. The molecule has 0 fully saturated rings. The lowest BCUT2D eigenvalue weighted by atomic mass is 10.2. The fraction of sp³-hybridized carbons (Fsp3) is 0.308. The van der Waals surface area contributed by atoms with Crippen molar-refractivity contribution in [3.8, 4) is 6.07 Å². The van der Waals surface area contributed by atoms with E-state index in [-0.39, 0.29) is 12.3 Å². The Morgan fingerprint density at radius 1 is 1.52 bits per heavy atom. The minimum Gasteiger partial charge on any atom is -0.363 e. The molecule has 0 spiro atoms. The lowest BCUT2D eigenvalue weighted by Gasteiger charge is -2.20. The third-order valence-corrected chi connectivity index (χ3v) is 3.63. The van der Waals surface area contributed by atoms with E-state index in [0.717, 1.165) is 5.56 Å². The first-order valence-electron chi connectivity index (χ1n) is 6.31. The first-order valence-corrected chi connectivity index (χ1v) is 7.12. The van der Waals surface area contributed by atoms with Crippen LogP contribution >= 0.6 is 11.3 Å². The number of nitrogens with zero attached hydrogens (tertiary/aromatic N) is 5. The van der Waals surface area contributed by atoms with Crippen LogP contribution in [0.15, 0.2) is 24.5 Å². The Labute approximate surface area is 126 Å². The van der Waals surface area contributed by atoms with Crippen molar-refractivity contribution in [1.82, 2.24) is 20.1 Å². The molecule has 2 rings (SSSR count). The predicted octanol–water partition coefficient (Wildman–Crippen LogP) is 1.53. The molecule has 21 heavy (non-hydrogen) atoms. The molecule has 7 nitrogen and oxygen atoms in total. The zero-order valence-corrected chi connectivity index (χ0v) is 12.3. The highest BCUT2D eigenvalue weighted by Gasteiger charge is 2.20. The molecule has 0 aliphatic carbocycles. The van der Waals surface area contributed by atoms with Crippen molar-refractivity contribution in [2.24, 2.45) is 0 Å². The zero-order valence-electron chi connectivity index (χ0n) is 11.5.